The molecule has 0 atom stereocenters. The molecule has 0 N–H and O–H groups in total. The van der Waals surface area contributed by atoms with Crippen LogP contribution in [-0.2, 0) is 6.42 Å². The number of benzene rings is 3. The van der Waals surface area contributed by atoms with E-state index in [4.69, 9.17) is 0 Å². The predicted octanol–water partition coefficient (Wildman–Crippen LogP) is 4.85. The molecule has 0 amide bonds. The second-order valence-electron chi connectivity index (χ2n) is 5.17. The van der Waals surface area contributed by atoms with Crippen molar-refractivity contribution in [3.63, 3.8) is 0 Å². The lowest BCUT2D eigenvalue weighted by Crippen LogP contribution is -1.89. The topological polar surface area (TPSA) is 43.1 Å². The monoisotopic (exact) mass is 289 g/mol. The van der Waals surface area contributed by atoms with Gasteiger partial charge in [0.25, 0.3) is 5.69 Å². The Kier molecular flexibility index (Phi) is 3.97. The molecule has 0 fully saturated rings. The molecule has 108 valence electrons. The van der Waals surface area contributed by atoms with Crippen LogP contribution in [-0.4, -0.2) is 4.92 Å². The van der Waals surface area contributed by atoms with E-state index in [2.05, 4.69) is 24.3 Å². The number of rotatable bonds is 4. The molecule has 3 aromatic rings. The van der Waals surface area contributed by atoms with Crippen LogP contribution in [0.4, 0.5) is 5.69 Å². The third-order valence-electron chi connectivity index (χ3n) is 3.60. The lowest BCUT2D eigenvalue weighted by molar-refractivity contribution is -0.384. The van der Waals surface area contributed by atoms with Gasteiger partial charge in [0.15, 0.2) is 0 Å². The van der Waals surface area contributed by atoms with E-state index in [1.54, 1.807) is 12.1 Å². The van der Waals surface area contributed by atoms with Gasteiger partial charge in [-0.2, -0.15) is 0 Å². The van der Waals surface area contributed by atoms with Gasteiger partial charge in [-0.05, 0) is 28.7 Å². The molecule has 3 nitrogen and oxygen atoms in total. The first-order valence-corrected chi connectivity index (χ1v) is 7.10. The Balaban J connectivity index is 1.82. The summed E-state index contributed by atoms with van der Waals surface area (Å²) in [6, 6.07) is 25.2. The van der Waals surface area contributed by atoms with Crippen molar-refractivity contribution < 1.29 is 4.92 Å². The highest BCUT2D eigenvalue weighted by Gasteiger charge is 2.07. The van der Waals surface area contributed by atoms with Gasteiger partial charge >= 0.3 is 0 Å². The highest BCUT2D eigenvalue weighted by atomic mass is 16.6. The maximum atomic E-state index is 10.8. The summed E-state index contributed by atoms with van der Waals surface area (Å²) in [5.74, 6) is 0. The Morgan fingerprint density at radius 2 is 1.41 bits per heavy atom. The van der Waals surface area contributed by atoms with E-state index in [1.807, 2.05) is 36.4 Å². The SMILES string of the molecule is O=[N+]([O-])c1cccc(-c2ccc(Cc3ccccc3)cc2)c1. The van der Waals surface area contributed by atoms with Crippen molar-refractivity contribution in [1.29, 1.82) is 0 Å². The zero-order chi connectivity index (χ0) is 15.4. The summed E-state index contributed by atoms with van der Waals surface area (Å²) in [6.45, 7) is 0. The van der Waals surface area contributed by atoms with Crippen LogP contribution in [0.5, 0.6) is 0 Å². The van der Waals surface area contributed by atoms with E-state index in [9.17, 15) is 10.1 Å². The lowest BCUT2D eigenvalue weighted by Gasteiger charge is -2.05. The maximum Gasteiger partial charge on any atom is 0.270 e. The van der Waals surface area contributed by atoms with Crippen molar-refractivity contribution in [2.45, 2.75) is 6.42 Å². The summed E-state index contributed by atoms with van der Waals surface area (Å²) in [4.78, 5) is 10.5. The zero-order valence-electron chi connectivity index (χ0n) is 12.0. The summed E-state index contributed by atoms with van der Waals surface area (Å²) >= 11 is 0. The average Bonchev–Trinajstić information content (AvgIpc) is 2.56. The van der Waals surface area contributed by atoms with Crippen molar-refractivity contribution in [3.05, 3.63) is 100 Å². The predicted molar refractivity (Wildman–Crippen MR) is 87.8 cm³/mol. The van der Waals surface area contributed by atoms with Crippen molar-refractivity contribution >= 4 is 5.69 Å². The summed E-state index contributed by atoms with van der Waals surface area (Å²) in [5.41, 5.74) is 4.46. The van der Waals surface area contributed by atoms with Gasteiger partial charge < -0.3 is 0 Å². The number of nitrogens with zero attached hydrogens (tertiary/aromatic N) is 1. The molecule has 0 saturated heterocycles. The molecule has 0 bridgehead atoms. The standard InChI is InChI=1S/C19H15NO2/c21-20(22)19-8-4-7-18(14-19)17-11-9-16(10-12-17)13-15-5-2-1-3-6-15/h1-12,14H,13H2. The lowest BCUT2D eigenvalue weighted by atomic mass is 10.00. The molecule has 3 heteroatoms. The largest absolute Gasteiger partial charge is 0.270 e. The first kappa shape index (κ1) is 14.0. The number of nitro benzene ring substituents is 1. The van der Waals surface area contributed by atoms with Gasteiger partial charge in [-0.1, -0.05) is 66.7 Å². The third kappa shape index (κ3) is 3.20. The second kappa shape index (κ2) is 6.22. The van der Waals surface area contributed by atoms with Crippen LogP contribution in [0.25, 0.3) is 11.1 Å². The van der Waals surface area contributed by atoms with Crippen molar-refractivity contribution in [1.82, 2.24) is 0 Å². The minimum absolute atomic E-state index is 0.117. The summed E-state index contributed by atoms with van der Waals surface area (Å²) in [6.07, 6.45) is 0.885. The van der Waals surface area contributed by atoms with E-state index >= 15 is 0 Å². The van der Waals surface area contributed by atoms with Gasteiger partial charge in [0, 0.05) is 12.1 Å². The van der Waals surface area contributed by atoms with E-state index in [0.717, 1.165) is 17.5 Å². The number of non-ortho nitro benzene ring substituents is 1. The Morgan fingerprint density at radius 3 is 2.09 bits per heavy atom. The molecule has 0 radical (unpaired) electrons. The highest BCUT2D eigenvalue weighted by Crippen LogP contribution is 2.24. The van der Waals surface area contributed by atoms with E-state index in [0.29, 0.717) is 0 Å². The first-order chi connectivity index (χ1) is 10.7. The maximum absolute atomic E-state index is 10.8. The highest BCUT2D eigenvalue weighted by molar-refractivity contribution is 5.66. The number of hydrogen-bond donors (Lipinski definition) is 0. The van der Waals surface area contributed by atoms with Crippen LogP contribution >= 0.6 is 0 Å². The molecule has 0 aliphatic heterocycles. The van der Waals surface area contributed by atoms with Gasteiger partial charge in [-0.15, -0.1) is 0 Å². The van der Waals surface area contributed by atoms with Crippen molar-refractivity contribution in [2.75, 3.05) is 0 Å². The molecule has 0 aliphatic carbocycles. The Hall–Kier alpha value is -2.94. The van der Waals surface area contributed by atoms with Crippen LogP contribution in [0, 0.1) is 10.1 Å². The fourth-order valence-corrected chi connectivity index (χ4v) is 2.45. The molecule has 0 spiro atoms. The molecular formula is C19H15NO2. The molecule has 22 heavy (non-hydrogen) atoms. The van der Waals surface area contributed by atoms with Crippen LogP contribution < -0.4 is 0 Å². The van der Waals surface area contributed by atoms with Crippen LogP contribution in [0.3, 0.4) is 0 Å². The minimum atomic E-state index is -0.368. The van der Waals surface area contributed by atoms with Gasteiger partial charge in [0.2, 0.25) is 0 Å². The molecule has 0 unspecified atom stereocenters. The quantitative estimate of drug-likeness (QED) is 0.509. The average molecular weight is 289 g/mol. The van der Waals surface area contributed by atoms with E-state index in [-0.39, 0.29) is 10.6 Å². The molecular weight excluding hydrogens is 274 g/mol. The van der Waals surface area contributed by atoms with Crippen molar-refractivity contribution in [3.8, 4) is 11.1 Å². The van der Waals surface area contributed by atoms with Gasteiger partial charge in [-0.3, -0.25) is 10.1 Å². The molecule has 0 saturated carbocycles. The number of nitro groups is 1. The molecule has 3 aromatic carbocycles. The second-order valence-corrected chi connectivity index (χ2v) is 5.17. The Labute approximate surface area is 129 Å². The van der Waals surface area contributed by atoms with E-state index in [1.165, 1.54) is 17.2 Å². The van der Waals surface area contributed by atoms with Gasteiger partial charge in [-0.25, -0.2) is 0 Å². The normalized spacial score (nSPS) is 10.4. The summed E-state index contributed by atoms with van der Waals surface area (Å²) < 4.78 is 0. The molecule has 0 aromatic heterocycles. The van der Waals surface area contributed by atoms with Crippen LogP contribution in [0.2, 0.25) is 0 Å². The Bertz CT molecular complexity index is 780. The molecule has 0 heterocycles. The third-order valence-corrected chi connectivity index (χ3v) is 3.60. The Morgan fingerprint density at radius 1 is 0.727 bits per heavy atom. The fraction of sp³-hybridized carbons (Fsp3) is 0.0526. The zero-order valence-corrected chi connectivity index (χ0v) is 12.0. The number of hydrogen-bond acceptors (Lipinski definition) is 2. The van der Waals surface area contributed by atoms with Gasteiger partial charge in [0.1, 0.15) is 0 Å². The van der Waals surface area contributed by atoms with E-state index < -0.39 is 0 Å². The van der Waals surface area contributed by atoms with Gasteiger partial charge in [0.05, 0.1) is 4.92 Å². The van der Waals surface area contributed by atoms with Crippen LogP contribution in [0.15, 0.2) is 78.9 Å². The minimum Gasteiger partial charge on any atom is -0.258 e. The fourth-order valence-electron chi connectivity index (χ4n) is 2.45. The first-order valence-electron chi connectivity index (χ1n) is 7.10. The molecule has 3 rings (SSSR count). The van der Waals surface area contributed by atoms with Crippen LogP contribution in [0.1, 0.15) is 11.1 Å². The van der Waals surface area contributed by atoms with Crippen molar-refractivity contribution in [2.24, 2.45) is 0 Å². The summed E-state index contributed by atoms with van der Waals surface area (Å²) in [7, 11) is 0. The smallest absolute Gasteiger partial charge is 0.258 e. The summed E-state index contributed by atoms with van der Waals surface area (Å²) in [5, 5.41) is 10.8. The molecule has 0 aliphatic rings.